The van der Waals surface area contributed by atoms with Gasteiger partial charge < -0.3 is 10.5 Å². The molecule has 0 bridgehead atoms. The van der Waals surface area contributed by atoms with Crippen LogP contribution >= 0.6 is 11.6 Å². The number of aromatic amines is 1. The van der Waals surface area contributed by atoms with Crippen LogP contribution in [0.3, 0.4) is 0 Å². The lowest BCUT2D eigenvalue weighted by molar-refractivity contribution is -0.143. The van der Waals surface area contributed by atoms with Crippen molar-refractivity contribution in [2.24, 2.45) is 16.1 Å². The minimum absolute atomic E-state index is 0.0939. The zero-order valence-electron chi connectivity index (χ0n) is 28.4. The fraction of sp³-hybridized carbons (Fsp3) is 0.412. The first-order valence-corrected chi connectivity index (χ1v) is 16.6. The number of nitrogens with zero attached hydrogens (tertiary/aromatic N) is 7. The first-order chi connectivity index (χ1) is 24.5. The van der Waals surface area contributed by atoms with Crippen LogP contribution in [0.5, 0.6) is 0 Å². The molecule has 2 heterocycles. The van der Waals surface area contributed by atoms with Crippen molar-refractivity contribution in [1.82, 2.24) is 34.8 Å². The second-order valence-electron chi connectivity index (χ2n) is 13.4. The van der Waals surface area contributed by atoms with Crippen molar-refractivity contribution in [3.8, 4) is 22.5 Å². The molecule has 52 heavy (non-hydrogen) atoms. The van der Waals surface area contributed by atoms with Crippen molar-refractivity contribution >= 4 is 29.6 Å². The molecule has 0 radical (unpaired) electrons. The number of nitrogens with one attached hydrogen (secondary N) is 1. The summed E-state index contributed by atoms with van der Waals surface area (Å²) in [6.45, 7) is 1.26. The largest absolute Gasteiger partial charge is 0.447 e. The Morgan fingerprint density at radius 1 is 1.12 bits per heavy atom. The molecule has 3 N–H and O–H groups in total. The van der Waals surface area contributed by atoms with E-state index in [9.17, 15) is 31.5 Å². The normalized spacial score (nSPS) is 14.4. The van der Waals surface area contributed by atoms with Crippen molar-refractivity contribution in [3.63, 3.8) is 0 Å². The molecule has 0 spiro atoms. The predicted molar refractivity (Wildman–Crippen MR) is 182 cm³/mol. The second kappa shape index (κ2) is 15.7. The van der Waals surface area contributed by atoms with E-state index in [1.807, 2.05) is 20.8 Å². The molecule has 0 unspecified atom stereocenters. The van der Waals surface area contributed by atoms with E-state index in [1.165, 1.54) is 42.9 Å². The highest BCUT2D eigenvalue weighted by atomic mass is 35.5. The summed E-state index contributed by atoms with van der Waals surface area (Å²) in [7, 11) is 0. The van der Waals surface area contributed by atoms with E-state index >= 15 is 0 Å². The molecular weight excluding hydrogens is 713 g/mol. The SMILES string of the molecule is CC(C)(C)CCN=C(N)N(C(=O)c1ccc(-c2cnn(C(F)F)c2)cc1)[C@H](COC(=O)N(CC(F)(F)F)C1CC1)c1ccc(Cl)c(-c2ncn[nH]2)c1. The summed E-state index contributed by atoms with van der Waals surface area (Å²) in [5.41, 5.74) is 8.08. The van der Waals surface area contributed by atoms with Crippen molar-refractivity contribution < 1.29 is 36.3 Å². The maximum absolute atomic E-state index is 14.5. The number of rotatable bonds is 12. The average Bonchev–Trinajstić information content (AvgIpc) is 3.53. The van der Waals surface area contributed by atoms with Crippen molar-refractivity contribution in [2.45, 2.75) is 64.8 Å². The lowest BCUT2D eigenvalue weighted by Crippen LogP contribution is -2.47. The van der Waals surface area contributed by atoms with Crippen LogP contribution < -0.4 is 5.73 Å². The molecule has 0 aliphatic heterocycles. The van der Waals surface area contributed by atoms with Gasteiger partial charge in [-0.25, -0.2) is 14.5 Å². The Morgan fingerprint density at radius 2 is 1.83 bits per heavy atom. The molecule has 278 valence electrons. The minimum atomic E-state index is -4.67. The Bertz CT molecular complexity index is 1870. The number of amides is 2. The Kier molecular flexibility index (Phi) is 11.5. The molecule has 12 nitrogen and oxygen atoms in total. The number of benzene rings is 2. The third kappa shape index (κ3) is 9.83. The zero-order chi connectivity index (χ0) is 37.8. The fourth-order valence-corrected chi connectivity index (χ4v) is 5.47. The molecule has 1 atom stereocenters. The maximum atomic E-state index is 14.5. The Labute approximate surface area is 300 Å². The summed E-state index contributed by atoms with van der Waals surface area (Å²) in [5.74, 6) is -0.662. The smallest absolute Gasteiger partial charge is 0.410 e. The van der Waals surface area contributed by atoms with Crippen LogP contribution in [0.4, 0.5) is 26.7 Å². The van der Waals surface area contributed by atoms with E-state index in [1.54, 1.807) is 12.1 Å². The molecule has 2 amide bonds. The summed E-state index contributed by atoms with van der Waals surface area (Å²) in [6.07, 6.45) is -0.821. The predicted octanol–water partition coefficient (Wildman–Crippen LogP) is 7.48. The van der Waals surface area contributed by atoms with Crippen LogP contribution in [0.15, 0.2) is 66.2 Å². The topological polar surface area (TPSA) is 148 Å². The molecule has 1 aliphatic rings. The summed E-state index contributed by atoms with van der Waals surface area (Å²) >= 11 is 6.50. The highest BCUT2D eigenvalue weighted by Gasteiger charge is 2.42. The molecule has 5 rings (SSSR count). The summed E-state index contributed by atoms with van der Waals surface area (Å²) in [4.78, 5) is 38.1. The fourth-order valence-electron chi connectivity index (χ4n) is 5.27. The summed E-state index contributed by atoms with van der Waals surface area (Å²) in [6, 6.07) is 8.77. The molecular formula is C34H37ClF5N9O3. The van der Waals surface area contributed by atoms with E-state index in [4.69, 9.17) is 22.1 Å². The first-order valence-electron chi connectivity index (χ1n) is 16.2. The number of halogens is 6. The van der Waals surface area contributed by atoms with Gasteiger partial charge in [-0.1, -0.05) is 50.6 Å². The molecule has 1 aliphatic carbocycles. The van der Waals surface area contributed by atoms with Crippen LogP contribution in [0.25, 0.3) is 22.5 Å². The van der Waals surface area contributed by atoms with Crippen LogP contribution in [-0.4, -0.2) is 84.6 Å². The molecule has 0 saturated heterocycles. The number of hydrogen-bond donors (Lipinski definition) is 2. The number of aliphatic imine (C=N–C) groups is 1. The summed E-state index contributed by atoms with van der Waals surface area (Å²) in [5, 5.41) is 10.5. The molecule has 1 saturated carbocycles. The molecule has 2 aromatic carbocycles. The van der Waals surface area contributed by atoms with Crippen LogP contribution in [0.2, 0.25) is 5.02 Å². The lowest BCUT2D eigenvalue weighted by atomic mass is 9.92. The van der Waals surface area contributed by atoms with Gasteiger partial charge in [0.1, 0.15) is 19.5 Å². The van der Waals surface area contributed by atoms with Gasteiger partial charge in [0.25, 0.3) is 5.91 Å². The van der Waals surface area contributed by atoms with Gasteiger partial charge in [-0.15, -0.1) is 0 Å². The van der Waals surface area contributed by atoms with Crippen molar-refractivity contribution in [1.29, 1.82) is 0 Å². The Balaban J connectivity index is 1.55. The quantitative estimate of drug-likeness (QED) is 0.0867. The number of carbonyl (C=O) groups excluding carboxylic acids is 2. The van der Waals surface area contributed by atoms with Gasteiger partial charge in [0.05, 0.1) is 17.3 Å². The van der Waals surface area contributed by atoms with Gasteiger partial charge in [-0.3, -0.25) is 24.7 Å². The van der Waals surface area contributed by atoms with E-state index in [-0.39, 0.29) is 34.3 Å². The molecule has 18 heteroatoms. The third-order valence-electron chi connectivity index (χ3n) is 8.16. The maximum Gasteiger partial charge on any atom is 0.410 e. The molecule has 2 aromatic heterocycles. The molecule has 1 fully saturated rings. The van der Waals surface area contributed by atoms with Gasteiger partial charge in [0, 0.05) is 35.5 Å². The zero-order valence-corrected chi connectivity index (χ0v) is 29.2. The number of guanidine groups is 1. The van der Waals surface area contributed by atoms with E-state index in [0.717, 1.165) is 11.1 Å². The van der Waals surface area contributed by atoms with Crippen LogP contribution in [0.1, 0.15) is 68.5 Å². The van der Waals surface area contributed by atoms with Crippen molar-refractivity contribution in [2.75, 3.05) is 19.7 Å². The number of alkyl halides is 5. The van der Waals surface area contributed by atoms with Gasteiger partial charge in [-0.2, -0.15) is 32.1 Å². The van der Waals surface area contributed by atoms with Gasteiger partial charge in [0.2, 0.25) is 0 Å². The van der Waals surface area contributed by atoms with Gasteiger partial charge in [0.15, 0.2) is 11.8 Å². The standard InChI is InChI=1S/C34H37ClF5N9O3/c1-33(2,3)12-13-42-31(41)49(29(50)21-6-4-20(5-7-21)23-15-45-48(16-23)30(36)37)27(17-52-32(51)47(24-9-10-24)18-34(38,39)40)22-8-11-26(35)25(14-22)28-43-19-44-46-28/h4-8,11,14-16,19,24,27,30H,9-10,12-13,17-18H2,1-3H3,(H2,41,42)(H,43,44,46)/t27-/m1/s1. The Morgan fingerprint density at radius 3 is 2.40 bits per heavy atom. The van der Waals surface area contributed by atoms with E-state index in [2.05, 4.69) is 25.3 Å². The first kappa shape index (κ1) is 38.2. The van der Waals surface area contributed by atoms with E-state index < -0.39 is 50.0 Å². The highest BCUT2D eigenvalue weighted by molar-refractivity contribution is 6.33. The summed E-state index contributed by atoms with van der Waals surface area (Å²) < 4.78 is 72.6. The van der Waals surface area contributed by atoms with Crippen molar-refractivity contribution in [3.05, 3.63) is 77.3 Å². The number of hydrogen-bond acceptors (Lipinski definition) is 7. The Hall–Kier alpha value is -5.06. The van der Waals surface area contributed by atoms with Gasteiger partial charge in [-0.05, 0) is 60.1 Å². The number of carbonyl (C=O) groups is 2. The number of nitrogens with two attached hydrogens (primary N) is 1. The van der Waals surface area contributed by atoms with Gasteiger partial charge >= 0.3 is 18.8 Å². The number of H-pyrrole nitrogens is 1. The lowest BCUT2D eigenvalue weighted by Gasteiger charge is -2.32. The minimum Gasteiger partial charge on any atom is -0.447 e. The van der Waals surface area contributed by atoms with Crippen LogP contribution in [0, 0.1) is 5.41 Å². The second-order valence-corrected chi connectivity index (χ2v) is 13.8. The third-order valence-corrected chi connectivity index (χ3v) is 8.49. The highest BCUT2D eigenvalue weighted by Crippen LogP contribution is 2.34. The van der Waals surface area contributed by atoms with E-state index in [0.29, 0.717) is 51.1 Å². The average molecular weight is 750 g/mol. The molecule has 4 aromatic rings. The number of aromatic nitrogens is 5. The number of ether oxygens (including phenoxy) is 1. The van der Waals surface area contributed by atoms with Crippen LogP contribution in [-0.2, 0) is 4.74 Å². The monoisotopic (exact) mass is 749 g/mol.